The number of alkyl halides is 3. The highest BCUT2D eigenvalue weighted by Crippen LogP contribution is 2.25. The molecule has 1 aliphatic rings. The fourth-order valence-corrected chi connectivity index (χ4v) is 3.55. The van der Waals surface area contributed by atoms with Gasteiger partial charge in [0.05, 0.1) is 4.90 Å². The molecule has 3 rings (SSSR count). The minimum Gasteiger partial charge on any atom is -0.406 e. The summed E-state index contributed by atoms with van der Waals surface area (Å²) in [4.78, 5) is 12.3. The van der Waals surface area contributed by atoms with Crippen molar-refractivity contribution >= 4 is 21.6 Å². The second-order valence-electron chi connectivity index (χ2n) is 5.95. The molecule has 1 aliphatic carbocycles. The van der Waals surface area contributed by atoms with Gasteiger partial charge in [0, 0.05) is 23.4 Å². The number of sulfonamides is 1. The third-order valence-corrected chi connectivity index (χ3v) is 5.19. The van der Waals surface area contributed by atoms with Crippen molar-refractivity contribution in [2.75, 3.05) is 5.32 Å². The van der Waals surface area contributed by atoms with Crippen LogP contribution in [0.1, 0.15) is 23.2 Å². The molecule has 144 valence electrons. The Morgan fingerprint density at radius 3 is 2.33 bits per heavy atom. The summed E-state index contributed by atoms with van der Waals surface area (Å²) < 4.78 is 67.3. The van der Waals surface area contributed by atoms with Crippen molar-refractivity contribution in [3.63, 3.8) is 0 Å². The molecule has 0 aromatic heterocycles. The van der Waals surface area contributed by atoms with Crippen LogP contribution in [0.5, 0.6) is 5.75 Å². The first-order valence-corrected chi connectivity index (χ1v) is 9.40. The van der Waals surface area contributed by atoms with Crippen molar-refractivity contribution in [1.29, 1.82) is 0 Å². The van der Waals surface area contributed by atoms with E-state index in [4.69, 9.17) is 0 Å². The topological polar surface area (TPSA) is 84.5 Å². The van der Waals surface area contributed by atoms with E-state index in [2.05, 4.69) is 14.8 Å². The predicted octanol–water partition coefficient (Wildman–Crippen LogP) is 3.28. The molecule has 0 aliphatic heterocycles. The molecule has 0 saturated heterocycles. The summed E-state index contributed by atoms with van der Waals surface area (Å²) in [5.41, 5.74) is 0.261. The largest absolute Gasteiger partial charge is 0.573 e. The summed E-state index contributed by atoms with van der Waals surface area (Å²) in [6, 6.07) is 10.0. The Kier molecular flexibility index (Phi) is 5.11. The Hall–Kier alpha value is -2.59. The van der Waals surface area contributed by atoms with Gasteiger partial charge < -0.3 is 10.1 Å². The maximum atomic E-state index is 12.3. The Morgan fingerprint density at radius 1 is 1.07 bits per heavy atom. The average molecular weight is 400 g/mol. The minimum absolute atomic E-state index is 0.0338. The summed E-state index contributed by atoms with van der Waals surface area (Å²) in [5, 5.41) is 2.43. The number of carbonyl (C=O) groups excluding carboxylic acids is 1. The molecule has 2 aromatic carbocycles. The molecule has 0 unspecified atom stereocenters. The van der Waals surface area contributed by atoms with E-state index in [1.165, 1.54) is 36.4 Å². The molecule has 2 aromatic rings. The second-order valence-corrected chi connectivity index (χ2v) is 7.66. The quantitative estimate of drug-likeness (QED) is 0.780. The van der Waals surface area contributed by atoms with E-state index in [1.54, 1.807) is 0 Å². The lowest BCUT2D eigenvalue weighted by Crippen LogP contribution is -2.25. The van der Waals surface area contributed by atoms with Gasteiger partial charge in [-0.1, -0.05) is 6.07 Å². The van der Waals surface area contributed by atoms with Crippen LogP contribution < -0.4 is 14.8 Å². The Balaban J connectivity index is 1.68. The van der Waals surface area contributed by atoms with E-state index in [9.17, 15) is 26.4 Å². The van der Waals surface area contributed by atoms with Gasteiger partial charge in [0.2, 0.25) is 10.0 Å². The second kappa shape index (κ2) is 7.20. The van der Waals surface area contributed by atoms with Crippen LogP contribution in [-0.4, -0.2) is 26.7 Å². The van der Waals surface area contributed by atoms with E-state index in [1.807, 2.05) is 0 Å². The van der Waals surface area contributed by atoms with Gasteiger partial charge in [-0.15, -0.1) is 13.2 Å². The van der Waals surface area contributed by atoms with Crippen molar-refractivity contribution in [3.8, 4) is 5.75 Å². The Morgan fingerprint density at radius 2 is 1.74 bits per heavy atom. The van der Waals surface area contributed by atoms with Gasteiger partial charge in [-0.05, 0) is 49.2 Å². The van der Waals surface area contributed by atoms with Gasteiger partial charge in [0.25, 0.3) is 5.91 Å². The predicted molar refractivity (Wildman–Crippen MR) is 90.9 cm³/mol. The normalized spacial score (nSPS) is 14.6. The van der Waals surface area contributed by atoms with E-state index >= 15 is 0 Å². The number of anilines is 1. The molecule has 0 atom stereocenters. The van der Waals surface area contributed by atoms with Crippen molar-refractivity contribution in [2.24, 2.45) is 0 Å². The number of amides is 1. The number of rotatable bonds is 6. The van der Waals surface area contributed by atoms with Crippen LogP contribution in [-0.2, 0) is 10.0 Å². The van der Waals surface area contributed by atoms with Crippen molar-refractivity contribution in [1.82, 2.24) is 4.72 Å². The Bertz CT molecular complexity index is 939. The van der Waals surface area contributed by atoms with Gasteiger partial charge in [0.15, 0.2) is 0 Å². The highest BCUT2D eigenvalue weighted by Gasteiger charge is 2.31. The molecule has 1 amide bonds. The fraction of sp³-hybridized carbons (Fsp3) is 0.235. The van der Waals surface area contributed by atoms with E-state index in [0.29, 0.717) is 0 Å². The standard InChI is InChI=1S/C17H15F3N2O4S/c18-17(19,20)26-14-3-1-2-13(10-14)21-16(23)11-4-8-15(9-5-11)27(24,25)22-12-6-7-12/h1-5,8-10,12,22H,6-7H2,(H,21,23). The summed E-state index contributed by atoms with van der Waals surface area (Å²) in [7, 11) is -3.63. The lowest BCUT2D eigenvalue weighted by molar-refractivity contribution is -0.274. The maximum Gasteiger partial charge on any atom is 0.573 e. The monoisotopic (exact) mass is 400 g/mol. The number of hydrogen-bond acceptors (Lipinski definition) is 4. The maximum absolute atomic E-state index is 12.3. The first kappa shape index (κ1) is 19.2. The average Bonchev–Trinajstić information content (AvgIpc) is 3.37. The van der Waals surface area contributed by atoms with Crippen LogP contribution in [0.3, 0.4) is 0 Å². The smallest absolute Gasteiger partial charge is 0.406 e. The van der Waals surface area contributed by atoms with E-state index < -0.39 is 28.0 Å². The lowest BCUT2D eigenvalue weighted by Gasteiger charge is -2.11. The van der Waals surface area contributed by atoms with Crippen LogP contribution >= 0.6 is 0 Å². The summed E-state index contributed by atoms with van der Waals surface area (Å²) in [6.07, 6.45) is -3.23. The summed E-state index contributed by atoms with van der Waals surface area (Å²) >= 11 is 0. The zero-order chi connectivity index (χ0) is 19.7. The van der Waals surface area contributed by atoms with Crippen molar-refractivity contribution in [3.05, 3.63) is 54.1 Å². The molecule has 27 heavy (non-hydrogen) atoms. The van der Waals surface area contributed by atoms with Crippen LogP contribution in [0, 0.1) is 0 Å². The molecule has 10 heteroatoms. The number of benzene rings is 2. The first-order chi connectivity index (χ1) is 12.6. The molecule has 1 saturated carbocycles. The minimum atomic E-state index is -4.83. The molecule has 0 radical (unpaired) electrons. The number of carbonyl (C=O) groups is 1. The summed E-state index contributed by atoms with van der Waals surface area (Å²) in [6.45, 7) is 0. The van der Waals surface area contributed by atoms with Crippen molar-refractivity contribution < 1.29 is 31.1 Å². The highest BCUT2D eigenvalue weighted by molar-refractivity contribution is 7.89. The zero-order valence-corrected chi connectivity index (χ0v) is 14.6. The third-order valence-electron chi connectivity index (χ3n) is 3.65. The molecule has 0 bridgehead atoms. The molecule has 6 nitrogen and oxygen atoms in total. The lowest BCUT2D eigenvalue weighted by atomic mass is 10.2. The fourth-order valence-electron chi connectivity index (χ4n) is 2.25. The van der Waals surface area contributed by atoms with Crippen LogP contribution in [0.4, 0.5) is 18.9 Å². The van der Waals surface area contributed by atoms with Gasteiger partial charge in [-0.3, -0.25) is 4.79 Å². The third kappa shape index (κ3) is 5.44. The Labute approximate surface area is 153 Å². The highest BCUT2D eigenvalue weighted by atomic mass is 32.2. The van der Waals surface area contributed by atoms with Crippen molar-refractivity contribution in [2.45, 2.75) is 30.1 Å². The van der Waals surface area contributed by atoms with Crippen LogP contribution in [0.2, 0.25) is 0 Å². The van der Waals surface area contributed by atoms with Gasteiger partial charge >= 0.3 is 6.36 Å². The number of ether oxygens (including phenoxy) is 1. The van der Waals surface area contributed by atoms with E-state index in [-0.39, 0.29) is 22.2 Å². The van der Waals surface area contributed by atoms with E-state index in [0.717, 1.165) is 25.0 Å². The number of halogens is 3. The molecule has 2 N–H and O–H groups in total. The molecule has 1 fully saturated rings. The van der Waals surface area contributed by atoms with Crippen LogP contribution in [0.15, 0.2) is 53.4 Å². The van der Waals surface area contributed by atoms with Crippen LogP contribution in [0.25, 0.3) is 0 Å². The SMILES string of the molecule is O=C(Nc1cccc(OC(F)(F)F)c1)c1ccc(S(=O)(=O)NC2CC2)cc1. The van der Waals surface area contributed by atoms with Gasteiger partial charge in [0.1, 0.15) is 5.75 Å². The summed E-state index contributed by atoms with van der Waals surface area (Å²) in [5.74, 6) is -1.06. The molecule has 0 heterocycles. The molecular weight excluding hydrogens is 385 g/mol. The number of hydrogen-bond donors (Lipinski definition) is 2. The zero-order valence-electron chi connectivity index (χ0n) is 13.8. The molecule has 0 spiro atoms. The number of nitrogens with one attached hydrogen (secondary N) is 2. The first-order valence-electron chi connectivity index (χ1n) is 7.92. The molecular formula is C17H15F3N2O4S. The van der Waals surface area contributed by atoms with Gasteiger partial charge in [-0.25, -0.2) is 13.1 Å². The van der Waals surface area contributed by atoms with Gasteiger partial charge in [-0.2, -0.15) is 0 Å².